The van der Waals surface area contributed by atoms with Crippen LogP contribution < -0.4 is 20.5 Å². The Bertz CT molecular complexity index is 676. The molecule has 4 rings (SSSR count). The minimum atomic E-state index is 0. The maximum atomic E-state index is 6.22. The fourth-order valence-electron chi connectivity index (χ4n) is 4.62. The highest BCUT2D eigenvalue weighted by Gasteiger charge is 2.56. The van der Waals surface area contributed by atoms with Crippen LogP contribution in [0.15, 0.2) is 23.2 Å². The minimum Gasteiger partial charge on any atom is -0.490 e. The van der Waals surface area contributed by atoms with Crippen molar-refractivity contribution in [1.29, 1.82) is 0 Å². The number of aliphatic imine (C=N–C) groups is 1. The summed E-state index contributed by atoms with van der Waals surface area (Å²) in [6.45, 7) is 4.20. The maximum absolute atomic E-state index is 6.22. The van der Waals surface area contributed by atoms with Gasteiger partial charge in [0.1, 0.15) is 0 Å². The Morgan fingerprint density at radius 2 is 1.96 bits per heavy atom. The van der Waals surface area contributed by atoms with Gasteiger partial charge in [0.2, 0.25) is 0 Å². The summed E-state index contributed by atoms with van der Waals surface area (Å²) in [7, 11) is 0. The molecule has 1 aliphatic heterocycles. The van der Waals surface area contributed by atoms with Crippen molar-refractivity contribution in [2.75, 3.05) is 25.1 Å². The van der Waals surface area contributed by atoms with Gasteiger partial charge in [0.05, 0.1) is 25.4 Å². The molecule has 0 saturated heterocycles. The van der Waals surface area contributed by atoms with Gasteiger partial charge in [-0.3, -0.25) is 0 Å². The van der Waals surface area contributed by atoms with Crippen molar-refractivity contribution < 1.29 is 14.2 Å². The van der Waals surface area contributed by atoms with Gasteiger partial charge in [-0.05, 0) is 38.3 Å². The van der Waals surface area contributed by atoms with E-state index < -0.39 is 0 Å². The minimum absolute atomic E-state index is 0. The molecule has 1 aromatic carbocycles. The first-order valence-electron chi connectivity index (χ1n) is 9.83. The first-order chi connectivity index (χ1) is 12.7. The summed E-state index contributed by atoms with van der Waals surface area (Å²) >= 11 is 0. The van der Waals surface area contributed by atoms with Crippen molar-refractivity contribution in [3.8, 4) is 11.5 Å². The molecule has 6 nitrogen and oxygen atoms in total. The number of hydrogen-bond donors (Lipinski definition) is 2. The predicted octanol–water partition coefficient (Wildman–Crippen LogP) is 3.93. The summed E-state index contributed by atoms with van der Waals surface area (Å²) in [5.74, 6) is 2.00. The zero-order chi connectivity index (χ0) is 18.0. The molecule has 2 atom stereocenters. The van der Waals surface area contributed by atoms with Crippen LogP contribution >= 0.6 is 24.0 Å². The summed E-state index contributed by atoms with van der Waals surface area (Å²) in [6, 6.07) is 6.06. The van der Waals surface area contributed by atoms with Crippen molar-refractivity contribution in [1.82, 2.24) is 0 Å². The molecular formula is C20H30IN3O3. The van der Waals surface area contributed by atoms with Gasteiger partial charge < -0.3 is 25.3 Å². The maximum Gasteiger partial charge on any atom is 0.193 e. The molecule has 3 aliphatic rings. The van der Waals surface area contributed by atoms with Crippen molar-refractivity contribution >= 4 is 35.6 Å². The third-order valence-corrected chi connectivity index (χ3v) is 5.96. The average molecular weight is 487 g/mol. The lowest BCUT2D eigenvalue weighted by molar-refractivity contribution is -0.119. The number of anilines is 1. The summed E-state index contributed by atoms with van der Waals surface area (Å²) in [5, 5.41) is 3.22. The number of halogens is 1. The van der Waals surface area contributed by atoms with E-state index in [1.54, 1.807) is 0 Å². The smallest absolute Gasteiger partial charge is 0.193 e. The number of nitrogens with two attached hydrogens (primary N) is 1. The molecule has 3 N–H and O–H groups in total. The highest BCUT2D eigenvalue weighted by atomic mass is 127. The van der Waals surface area contributed by atoms with E-state index in [-0.39, 0.29) is 35.4 Å². The van der Waals surface area contributed by atoms with E-state index in [2.05, 4.69) is 12.2 Å². The zero-order valence-corrected chi connectivity index (χ0v) is 18.2. The first kappa shape index (κ1) is 20.5. The normalized spacial score (nSPS) is 26.0. The molecule has 1 aromatic rings. The summed E-state index contributed by atoms with van der Waals surface area (Å²) < 4.78 is 17.4. The number of fused-ring (bicyclic) bond motifs is 1. The van der Waals surface area contributed by atoms with E-state index in [0.717, 1.165) is 36.6 Å². The summed E-state index contributed by atoms with van der Waals surface area (Å²) in [5.41, 5.74) is 7.29. The van der Waals surface area contributed by atoms with E-state index in [1.165, 1.54) is 25.7 Å². The van der Waals surface area contributed by atoms with E-state index in [0.29, 0.717) is 25.3 Å². The Hall–Kier alpha value is -1.22. The van der Waals surface area contributed by atoms with Crippen LogP contribution in [0.2, 0.25) is 0 Å². The van der Waals surface area contributed by atoms with Crippen LogP contribution in [0.5, 0.6) is 11.5 Å². The molecule has 1 spiro atoms. The molecule has 0 amide bonds. The second-order valence-electron chi connectivity index (χ2n) is 7.49. The van der Waals surface area contributed by atoms with Gasteiger partial charge >= 0.3 is 0 Å². The topological polar surface area (TPSA) is 78.1 Å². The molecule has 2 unspecified atom stereocenters. The molecule has 7 heteroatoms. The monoisotopic (exact) mass is 487 g/mol. The second-order valence-corrected chi connectivity index (χ2v) is 7.49. The SMILES string of the molecule is CCOC1CC(N=C(N)Nc2ccc3c(c2)OCCCO3)C12CCCC2.I. The number of nitrogens with one attached hydrogen (secondary N) is 1. The van der Waals surface area contributed by atoms with E-state index in [4.69, 9.17) is 24.9 Å². The Morgan fingerprint density at radius 3 is 2.70 bits per heavy atom. The van der Waals surface area contributed by atoms with Gasteiger partial charge in [-0.1, -0.05) is 12.8 Å². The highest BCUT2D eigenvalue weighted by Crippen LogP contribution is 2.56. The van der Waals surface area contributed by atoms with Gasteiger partial charge in [-0.15, -0.1) is 24.0 Å². The fourth-order valence-corrected chi connectivity index (χ4v) is 4.62. The Kier molecular flexibility index (Phi) is 6.73. The number of nitrogens with zero attached hydrogens (tertiary/aromatic N) is 1. The number of benzene rings is 1. The molecule has 2 fully saturated rings. The lowest BCUT2D eigenvalue weighted by Gasteiger charge is -2.52. The molecule has 2 saturated carbocycles. The van der Waals surface area contributed by atoms with Crippen molar-refractivity contribution in [2.45, 2.75) is 57.6 Å². The third-order valence-electron chi connectivity index (χ3n) is 5.96. The predicted molar refractivity (Wildman–Crippen MR) is 117 cm³/mol. The fraction of sp³-hybridized carbons (Fsp3) is 0.650. The van der Waals surface area contributed by atoms with Gasteiger partial charge in [0.25, 0.3) is 0 Å². The highest BCUT2D eigenvalue weighted by molar-refractivity contribution is 14.0. The number of hydrogen-bond acceptors (Lipinski definition) is 4. The Labute approximate surface area is 178 Å². The van der Waals surface area contributed by atoms with Crippen LogP contribution in [-0.4, -0.2) is 37.9 Å². The summed E-state index contributed by atoms with van der Waals surface area (Å²) in [6.07, 6.45) is 7.14. The van der Waals surface area contributed by atoms with E-state index >= 15 is 0 Å². The largest absolute Gasteiger partial charge is 0.490 e. The van der Waals surface area contributed by atoms with Crippen LogP contribution in [0.1, 0.15) is 45.4 Å². The molecule has 0 radical (unpaired) electrons. The van der Waals surface area contributed by atoms with Gasteiger partial charge in [-0.25, -0.2) is 4.99 Å². The lowest BCUT2D eigenvalue weighted by Crippen LogP contribution is -2.56. The molecule has 27 heavy (non-hydrogen) atoms. The molecular weight excluding hydrogens is 457 g/mol. The first-order valence-corrected chi connectivity index (χ1v) is 9.83. The average Bonchev–Trinajstić information content (AvgIpc) is 3.05. The molecule has 2 aliphatic carbocycles. The van der Waals surface area contributed by atoms with Crippen molar-refractivity contribution in [2.24, 2.45) is 16.1 Å². The molecule has 0 aromatic heterocycles. The molecule has 1 heterocycles. The Balaban J connectivity index is 0.00000210. The third kappa shape index (κ3) is 4.13. The van der Waals surface area contributed by atoms with E-state index in [9.17, 15) is 0 Å². The van der Waals surface area contributed by atoms with Gasteiger partial charge in [0, 0.05) is 30.2 Å². The molecule has 150 valence electrons. The van der Waals surface area contributed by atoms with Crippen LogP contribution in [-0.2, 0) is 4.74 Å². The number of rotatable bonds is 4. The van der Waals surface area contributed by atoms with Gasteiger partial charge in [-0.2, -0.15) is 0 Å². The zero-order valence-electron chi connectivity index (χ0n) is 15.9. The lowest BCUT2D eigenvalue weighted by atomic mass is 9.61. The summed E-state index contributed by atoms with van der Waals surface area (Å²) in [4.78, 5) is 4.81. The Morgan fingerprint density at radius 1 is 1.22 bits per heavy atom. The number of ether oxygens (including phenoxy) is 3. The second kappa shape index (κ2) is 8.86. The van der Waals surface area contributed by atoms with Crippen LogP contribution in [0.25, 0.3) is 0 Å². The van der Waals surface area contributed by atoms with Gasteiger partial charge in [0.15, 0.2) is 17.5 Å². The van der Waals surface area contributed by atoms with Crippen molar-refractivity contribution in [3.63, 3.8) is 0 Å². The molecule has 0 bridgehead atoms. The van der Waals surface area contributed by atoms with Crippen LogP contribution in [0, 0.1) is 5.41 Å². The standard InChI is InChI=1S/C20H29N3O3.HI/c1-2-24-18-13-17(20(18)8-3-4-9-20)23-19(21)22-14-6-7-15-16(12-14)26-11-5-10-25-15;/h6-7,12,17-18H,2-5,8-11,13H2,1H3,(H3,21,22,23);1H. The quantitative estimate of drug-likeness (QED) is 0.383. The van der Waals surface area contributed by atoms with Crippen LogP contribution in [0.4, 0.5) is 5.69 Å². The van der Waals surface area contributed by atoms with Crippen LogP contribution in [0.3, 0.4) is 0 Å². The number of guanidine groups is 1. The van der Waals surface area contributed by atoms with E-state index in [1.807, 2.05) is 18.2 Å². The van der Waals surface area contributed by atoms with Crippen molar-refractivity contribution in [3.05, 3.63) is 18.2 Å².